The smallest absolute Gasteiger partial charge is 0.270 e. The Morgan fingerprint density at radius 2 is 2.04 bits per heavy atom. The summed E-state index contributed by atoms with van der Waals surface area (Å²) in [5.74, 6) is -0.263. The zero-order chi connectivity index (χ0) is 18.0. The van der Waals surface area contributed by atoms with Crippen LogP contribution in [-0.4, -0.2) is 26.1 Å². The van der Waals surface area contributed by atoms with Gasteiger partial charge >= 0.3 is 0 Å². The number of non-ortho nitro benzene ring substituents is 1. The summed E-state index contributed by atoms with van der Waals surface area (Å²) in [7, 11) is 0. The molecule has 0 spiro atoms. The number of benzene rings is 2. The van der Waals surface area contributed by atoms with Gasteiger partial charge in [0.1, 0.15) is 0 Å². The van der Waals surface area contributed by atoms with E-state index in [0.29, 0.717) is 16.5 Å². The quantitative estimate of drug-likeness (QED) is 0.487. The zero-order valence-electron chi connectivity index (χ0n) is 13.4. The maximum Gasteiger partial charge on any atom is 0.270 e. The van der Waals surface area contributed by atoms with Gasteiger partial charge in [-0.25, -0.2) is 0 Å². The summed E-state index contributed by atoms with van der Waals surface area (Å²) in [6.45, 7) is 1.55. The molecule has 1 atom stereocenters. The minimum Gasteiger partial charge on any atom is -0.385 e. The molecule has 0 saturated carbocycles. The first-order valence-electron chi connectivity index (χ1n) is 7.57. The third-order valence-corrected chi connectivity index (χ3v) is 3.92. The Labute approximate surface area is 142 Å². The van der Waals surface area contributed by atoms with Crippen molar-refractivity contribution in [1.29, 1.82) is 0 Å². The van der Waals surface area contributed by atoms with E-state index in [1.807, 2.05) is 6.07 Å². The van der Waals surface area contributed by atoms with Crippen LogP contribution in [0.3, 0.4) is 0 Å². The molecule has 1 heterocycles. The second-order valence-corrected chi connectivity index (χ2v) is 5.92. The van der Waals surface area contributed by atoms with Crippen LogP contribution < -0.4 is 5.32 Å². The van der Waals surface area contributed by atoms with Crippen molar-refractivity contribution in [2.75, 3.05) is 5.32 Å². The van der Waals surface area contributed by atoms with Crippen LogP contribution in [0.2, 0.25) is 0 Å². The predicted molar refractivity (Wildman–Crippen MR) is 92.0 cm³/mol. The summed E-state index contributed by atoms with van der Waals surface area (Å²) in [4.78, 5) is 22.7. The van der Waals surface area contributed by atoms with Crippen LogP contribution in [0.4, 0.5) is 11.5 Å². The highest BCUT2D eigenvalue weighted by Gasteiger charge is 2.27. The van der Waals surface area contributed by atoms with E-state index in [1.165, 1.54) is 18.2 Å². The average molecular weight is 340 g/mol. The summed E-state index contributed by atoms with van der Waals surface area (Å²) < 4.78 is 0. The van der Waals surface area contributed by atoms with Crippen LogP contribution in [0.15, 0.2) is 48.5 Å². The van der Waals surface area contributed by atoms with Crippen molar-refractivity contribution in [3.63, 3.8) is 0 Å². The lowest BCUT2D eigenvalue weighted by molar-refractivity contribution is -0.384. The van der Waals surface area contributed by atoms with Gasteiger partial charge in [0.15, 0.2) is 5.82 Å². The first-order valence-corrected chi connectivity index (χ1v) is 7.57. The van der Waals surface area contributed by atoms with E-state index in [0.717, 1.165) is 0 Å². The fraction of sp³-hybridized carbons (Fsp3) is 0.176. The van der Waals surface area contributed by atoms with E-state index in [9.17, 15) is 20.0 Å². The van der Waals surface area contributed by atoms with Gasteiger partial charge in [-0.15, -0.1) is 0 Å². The zero-order valence-corrected chi connectivity index (χ0v) is 13.4. The minimum absolute atomic E-state index is 0.0966. The lowest BCUT2D eigenvalue weighted by Gasteiger charge is -2.22. The average Bonchev–Trinajstić information content (AvgIpc) is 2.97. The number of amides is 1. The maximum absolute atomic E-state index is 12.3. The van der Waals surface area contributed by atoms with Gasteiger partial charge in [0, 0.05) is 12.1 Å². The summed E-state index contributed by atoms with van der Waals surface area (Å²) in [5.41, 5.74) is -0.257. The fourth-order valence-corrected chi connectivity index (χ4v) is 2.60. The van der Waals surface area contributed by atoms with Crippen molar-refractivity contribution in [2.45, 2.75) is 18.9 Å². The molecule has 0 aliphatic carbocycles. The van der Waals surface area contributed by atoms with E-state index in [2.05, 4.69) is 15.5 Å². The molecule has 1 aromatic heterocycles. The van der Waals surface area contributed by atoms with E-state index >= 15 is 0 Å². The van der Waals surface area contributed by atoms with Crippen molar-refractivity contribution in [1.82, 2.24) is 10.2 Å². The summed E-state index contributed by atoms with van der Waals surface area (Å²) in [6, 6.07) is 13.1. The number of carbonyl (C=O) groups excluding carboxylic acids is 1. The van der Waals surface area contributed by atoms with Crippen molar-refractivity contribution < 1.29 is 14.8 Å². The lowest BCUT2D eigenvalue weighted by Crippen LogP contribution is -2.28. The molecule has 128 valence electrons. The molecule has 3 N–H and O–H groups in total. The molecule has 1 amide bonds. The molecule has 0 radical (unpaired) electrons. The molecule has 8 heteroatoms. The summed E-state index contributed by atoms with van der Waals surface area (Å²) in [5, 5.41) is 31.1. The van der Waals surface area contributed by atoms with E-state index in [-0.39, 0.29) is 17.9 Å². The molecule has 2 aromatic carbocycles. The molecular formula is C17H16N4O4. The number of H-pyrrole nitrogens is 1. The van der Waals surface area contributed by atoms with Crippen molar-refractivity contribution in [3.8, 4) is 0 Å². The predicted octanol–water partition coefficient (Wildman–Crippen LogP) is 2.71. The fourth-order valence-electron chi connectivity index (χ4n) is 2.60. The number of aliphatic hydroxyl groups is 1. The first-order chi connectivity index (χ1) is 11.9. The van der Waals surface area contributed by atoms with Gasteiger partial charge in [0.05, 0.1) is 27.8 Å². The molecule has 0 saturated heterocycles. The number of hydrogen-bond acceptors (Lipinski definition) is 5. The largest absolute Gasteiger partial charge is 0.385 e. The third-order valence-electron chi connectivity index (χ3n) is 3.92. The van der Waals surface area contributed by atoms with Crippen LogP contribution in [0.25, 0.3) is 10.9 Å². The summed E-state index contributed by atoms with van der Waals surface area (Å²) >= 11 is 0. The van der Waals surface area contributed by atoms with E-state index in [1.54, 1.807) is 31.2 Å². The molecule has 25 heavy (non-hydrogen) atoms. The Bertz CT molecular complexity index is 934. The number of fused-ring (bicyclic) bond motifs is 1. The molecular weight excluding hydrogens is 324 g/mol. The van der Waals surface area contributed by atoms with Crippen molar-refractivity contribution in [3.05, 3.63) is 64.2 Å². The van der Waals surface area contributed by atoms with Crippen LogP contribution in [0.5, 0.6) is 0 Å². The SMILES string of the molecule is C[C@](O)(CC(=O)Nc1n[nH]c2ccc([N+](=O)[O-])cc12)c1ccccc1. The highest BCUT2D eigenvalue weighted by atomic mass is 16.6. The van der Waals surface area contributed by atoms with Gasteiger partial charge in [0.2, 0.25) is 5.91 Å². The maximum atomic E-state index is 12.3. The number of anilines is 1. The number of hydrogen-bond donors (Lipinski definition) is 3. The second kappa shape index (κ2) is 6.33. The van der Waals surface area contributed by atoms with Gasteiger partial charge < -0.3 is 10.4 Å². The van der Waals surface area contributed by atoms with Crippen molar-refractivity contribution in [2.24, 2.45) is 0 Å². The van der Waals surface area contributed by atoms with Gasteiger partial charge in [-0.3, -0.25) is 20.0 Å². The molecule has 3 aromatic rings. The summed E-state index contributed by atoms with van der Waals surface area (Å²) in [6.07, 6.45) is -0.180. The number of carbonyl (C=O) groups is 1. The van der Waals surface area contributed by atoms with Gasteiger partial charge in [-0.2, -0.15) is 5.10 Å². The highest BCUT2D eigenvalue weighted by Crippen LogP contribution is 2.27. The molecule has 0 fully saturated rings. The molecule has 0 aliphatic heterocycles. The number of nitro benzene ring substituents is 1. The topological polar surface area (TPSA) is 121 Å². The van der Waals surface area contributed by atoms with Gasteiger partial charge in [0.25, 0.3) is 5.69 Å². The molecule has 0 unspecified atom stereocenters. The standard InChI is InChI=1S/C17H16N4O4/c1-17(23,11-5-3-2-4-6-11)10-15(22)18-16-13-9-12(21(24)25)7-8-14(13)19-20-16/h2-9,23H,10H2,1H3,(H2,18,19,20,22)/t17-/m0/s1. The lowest BCUT2D eigenvalue weighted by atomic mass is 9.92. The third kappa shape index (κ3) is 3.48. The Kier molecular flexibility index (Phi) is 4.20. The number of aromatic nitrogens is 2. The Morgan fingerprint density at radius 3 is 2.72 bits per heavy atom. The van der Waals surface area contributed by atoms with Crippen LogP contribution in [0, 0.1) is 10.1 Å². The molecule has 0 aliphatic rings. The molecule has 3 rings (SSSR count). The number of nitrogens with zero attached hydrogens (tertiary/aromatic N) is 2. The number of nitro groups is 1. The second-order valence-electron chi connectivity index (χ2n) is 5.92. The first kappa shape index (κ1) is 16.6. The Balaban J connectivity index is 1.80. The number of rotatable bonds is 5. The van der Waals surface area contributed by atoms with E-state index in [4.69, 9.17) is 0 Å². The van der Waals surface area contributed by atoms with Crippen LogP contribution in [-0.2, 0) is 10.4 Å². The number of aromatic amines is 1. The minimum atomic E-state index is -1.34. The Morgan fingerprint density at radius 1 is 1.32 bits per heavy atom. The molecule has 0 bridgehead atoms. The number of nitrogens with one attached hydrogen (secondary N) is 2. The monoisotopic (exact) mass is 340 g/mol. The molecule has 8 nitrogen and oxygen atoms in total. The highest BCUT2D eigenvalue weighted by molar-refractivity contribution is 6.00. The van der Waals surface area contributed by atoms with E-state index < -0.39 is 16.4 Å². The Hall–Kier alpha value is -3.26. The van der Waals surface area contributed by atoms with Crippen molar-refractivity contribution >= 4 is 28.3 Å². The van der Waals surface area contributed by atoms with Gasteiger partial charge in [-0.1, -0.05) is 30.3 Å². The van der Waals surface area contributed by atoms with Gasteiger partial charge in [-0.05, 0) is 18.6 Å². The van der Waals surface area contributed by atoms with Crippen LogP contribution in [0.1, 0.15) is 18.9 Å². The van der Waals surface area contributed by atoms with Crippen LogP contribution >= 0.6 is 0 Å². The normalized spacial score (nSPS) is 13.4.